The van der Waals surface area contributed by atoms with Crippen LogP contribution in [0.15, 0.2) is 12.7 Å². The average molecular weight is 325 g/mol. The SMILES string of the molecule is Nc1ncnc2c1ncn2[C@]1(CCCO)O[C@H](CO)[C@@H](O)[C@H]1O. The summed E-state index contributed by atoms with van der Waals surface area (Å²) in [5.74, 6) is 0.179. The van der Waals surface area contributed by atoms with Crippen LogP contribution >= 0.6 is 0 Å². The number of nitrogen functional groups attached to an aromatic ring is 1. The second-order valence-corrected chi connectivity index (χ2v) is 5.49. The molecule has 1 aliphatic heterocycles. The van der Waals surface area contributed by atoms with E-state index in [9.17, 15) is 15.3 Å². The van der Waals surface area contributed by atoms with Crippen LogP contribution in [-0.4, -0.2) is 71.5 Å². The first kappa shape index (κ1) is 16.0. The fourth-order valence-electron chi connectivity index (χ4n) is 3.01. The minimum Gasteiger partial charge on any atom is -0.396 e. The first-order valence-corrected chi connectivity index (χ1v) is 7.25. The van der Waals surface area contributed by atoms with Crippen molar-refractivity contribution in [1.82, 2.24) is 19.5 Å². The summed E-state index contributed by atoms with van der Waals surface area (Å²) in [6.45, 7) is -0.579. The maximum atomic E-state index is 10.5. The van der Waals surface area contributed by atoms with Gasteiger partial charge in [-0.1, -0.05) is 0 Å². The van der Waals surface area contributed by atoms with Crippen LogP contribution in [-0.2, 0) is 10.5 Å². The molecule has 3 rings (SSSR count). The Morgan fingerprint density at radius 3 is 2.70 bits per heavy atom. The molecule has 10 heteroatoms. The number of anilines is 1. The molecule has 10 nitrogen and oxygen atoms in total. The van der Waals surface area contributed by atoms with Crippen molar-refractivity contribution in [3.8, 4) is 0 Å². The number of hydrogen-bond donors (Lipinski definition) is 5. The van der Waals surface area contributed by atoms with Crippen molar-refractivity contribution in [2.24, 2.45) is 0 Å². The number of rotatable bonds is 5. The lowest BCUT2D eigenvalue weighted by atomic mass is 9.97. The minimum absolute atomic E-state index is 0.124. The Kier molecular flexibility index (Phi) is 4.17. The number of hydrogen-bond acceptors (Lipinski definition) is 9. The second kappa shape index (κ2) is 5.98. The molecule has 2 aromatic rings. The van der Waals surface area contributed by atoms with Crippen molar-refractivity contribution in [3.05, 3.63) is 12.7 Å². The predicted molar refractivity (Wildman–Crippen MR) is 78.0 cm³/mol. The lowest BCUT2D eigenvalue weighted by Gasteiger charge is -2.33. The van der Waals surface area contributed by atoms with Crippen molar-refractivity contribution >= 4 is 17.0 Å². The molecule has 0 amide bonds. The third-order valence-corrected chi connectivity index (χ3v) is 4.16. The summed E-state index contributed by atoms with van der Waals surface area (Å²) in [6, 6.07) is 0. The second-order valence-electron chi connectivity index (χ2n) is 5.49. The Morgan fingerprint density at radius 2 is 2.04 bits per heavy atom. The molecule has 0 aromatic carbocycles. The average Bonchev–Trinajstić information content (AvgIpc) is 3.09. The van der Waals surface area contributed by atoms with Gasteiger partial charge in [-0.2, -0.15) is 0 Å². The molecule has 0 spiro atoms. The van der Waals surface area contributed by atoms with Gasteiger partial charge in [-0.25, -0.2) is 15.0 Å². The fraction of sp³-hybridized carbons (Fsp3) is 0.615. The van der Waals surface area contributed by atoms with E-state index in [0.717, 1.165) is 0 Å². The molecule has 0 saturated carbocycles. The molecule has 0 bridgehead atoms. The van der Waals surface area contributed by atoms with Gasteiger partial charge in [0, 0.05) is 13.0 Å². The topological polar surface area (TPSA) is 160 Å². The molecule has 1 aliphatic rings. The van der Waals surface area contributed by atoms with Crippen LogP contribution in [0.5, 0.6) is 0 Å². The molecule has 3 heterocycles. The zero-order valence-electron chi connectivity index (χ0n) is 12.3. The summed E-state index contributed by atoms with van der Waals surface area (Å²) < 4.78 is 7.25. The summed E-state index contributed by atoms with van der Waals surface area (Å²) in [4.78, 5) is 12.1. The zero-order chi connectivity index (χ0) is 16.6. The highest BCUT2D eigenvalue weighted by atomic mass is 16.6. The molecule has 126 valence electrons. The molecule has 1 saturated heterocycles. The zero-order valence-corrected chi connectivity index (χ0v) is 12.3. The highest BCUT2D eigenvalue weighted by Gasteiger charge is 2.55. The summed E-state index contributed by atoms with van der Waals surface area (Å²) >= 11 is 0. The van der Waals surface area contributed by atoms with Gasteiger partial charge in [0.05, 0.1) is 12.9 Å². The van der Waals surface area contributed by atoms with E-state index in [0.29, 0.717) is 17.6 Å². The van der Waals surface area contributed by atoms with E-state index in [1.54, 1.807) is 0 Å². The summed E-state index contributed by atoms with van der Waals surface area (Å²) in [5.41, 5.74) is 5.03. The molecule has 4 atom stereocenters. The van der Waals surface area contributed by atoms with E-state index < -0.39 is 30.6 Å². The molecule has 0 unspecified atom stereocenters. The quantitative estimate of drug-likeness (QED) is 0.416. The van der Waals surface area contributed by atoms with E-state index in [-0.39, 0.29) is 18.8 Å². The molecule has 0 radical (unpaired) electrons. The van der Waals surface area contributed by atoms with Crippen LogP contribution in [0.3, 0.4) is 0 Å². The Balaban J connectivity index is 2.14. The predicted octanol–water partition coefficient (Wildman–Crippen LogP) is -2.05. The molecule has 0 aliphatic carbocycles. The standard InChI is InChI=1S/C13H19N5O5/c14-11-8-12(16-5-15-11)18(6-17-8)13(2-1-3-19)10(22)9(21)7(4-20)23-13/h5-7,9-10,19-22H,1-4H2,(H2,14,15,16)/t7-,9-,10-,13-/m1/s1. The van der Waals surface area contributed by atoms with E-state index in [4.69, 9.17) is 15.6 Å². The molecular weight excluding hydrogens is 306 g/mol. The van der Waals surface area contributed by atoms with Gasteiger partial charge in [0.2, 0.25) is 0 Å². The van der Waals surface area contributed by atoms with Gasteiger partial charge in [0.15, 0.2) is 17.2 Å². The molecule has 2 aromatic heterocycles. The van der Waals surface area contributed by atoms with E-state index in [2.05, 4.69) is 15.0 Å². The number of aliphatic hydroxyl groups is 4. The van der Waals surface area contributed by atoms with Crippen LogP contribution in [0.1, 0.15) is 12.8 Å². The van der Waals surface area contributed by atoms with Crippen LogP contribution in [0.4, 0.5) is 5.82 Å². The van der Waals surface area contributed by atoms with Gasteiger partial charge < -0.3 is 30.9 Å². The van der Waals surface area contributed by atoms with Gasteiger partial charge in [-0.05, 0) is 6.42 Å². The molecule has 1 fully saturated rings. The first-order valence-electron chi connectivity index (χ1n) is 7.25. The Hall–Kier alpha value is -1.85. The Morgan fingerprint density at radius 1 is 1.26 bits per heavy atom. The monoisotopic (exact) mass is 325 g/mol. The number of nitrogens with zero attached hydrogens (tertiary/aromatic N) is 4. The van der Waals surface area contributed by atoms with Crippen molar-refractivity contribution in [2.45, 2.75) is 36.9 Å². The minimum atomic E-state index is -1.41. The number of aliphatic hydroxyl groups excluding tert-OH is 4. The van der Waals surface area contributed by atoms with Gasteiger partial charge >= 0.3 is 0 Å². The van der Waals surface area contributed by atoms with Crippen LogP contribution < -0.4 is 5.73 Å². The van der Waals surface area contributed by atoms with Gasteiger partial charge in [0.25, 0.3) is 0 Å². The van der Waals surface area contributed by atoms with Crippen LogP contribution in [0.2, 0.25) is 0 Å². The third kappa shape index (κ3) is 2.35. The number of nitrogens with two attached hydrogens (primary N) is 1. The summed E-state index contributed by atoms with van der Waals surface area (Å²) in [7, 11) is 0. The highest BCUT2D eigenvalue weighted by molar-refractivity contribution is 5.81. The van der Waals surface area contributed by atoms with Crippen molar-refractivity contribution in [1.29, 1.82) is 0 Å². The lowest BCUT2D eigenvalue weighted by Crippen LogP contribution is -2.45. The number of fused-ring (bicyclic) bond motifs is 1. The maximum absolute atomic E-state index is 10.5. The Labute approximate surface area is 131 Å². The normalized spacial score (nSPS) is 31.0. The molecular formula is C13H19N5O5. The van der Waals surface area contributed by atoms with Crippen molar-refractivity contribution < 1.29 is 25.2 Å². The number of aromatic nitrogens is 4. The van der Waals surface area contributed by atoms with Gasteiger partial charge in [0.1, 0.15) is 30.2 Å². The third-order valence-electron chi connectivity index (χ3n) is 4.16. The smallest absolute Gasteiger partial charge is 0.176 e. The first-order chi connectivity index (χ1) is 11.0. The van der Waals surface area contributed by atoms with E-state index in [1.165, 1.54) is 17.2 Å². The van der Waals surface area contributed by atoms with Gasteiger partial charge in [-0.3, -0.25) is 4.57 Å². The largest absolute Gasteiger partial charge is 0.396 e. The van der Waals surface area contributed by atoms with Crippen molar-refractivity contribution in [2.75, 3.05) is 18.9 Å². The van der Waals surface area contributed by atoms with Crippen LogP contribution in [0, 0.1) is 0 Å². The van der Waals surface area contributed by atoms with Crippen molar-refractivity contribution in [3.63, 3.8) is 0 Å². The lowest BCUT2D eigenvalue weighted by molar-refractivity contribution is -0.152. The summed E-state index contributed by atoms with van der Waals surface area (Å²) in [5, 5.41) is 39.2. The maximum Gasteiger partial charge on any atom is 0.176 e. The molecule has 23 heavy (non-hydrogen) atoms. The fourth-order valence-corrected chi connectivity index (χ4v) is 3.01. The number of ether oxygens (including phenoxy) is 1. The van der Waals surface area contributed by atoms with E-state index >= 15 is 0 Å². The summed E-state index contributed by atoms with van der Waals surface area (Å²) in [6.07, 6.45) is -0.425. The molecule has 6 N–H and O–H groups in total. The highest BCUT2D eigenvalue weighted by Crippen LogP contribution is 2.41. The van der Waals surface area contributed by atoms with Crippen LogP contribution in [0.25, 0.3) is 11.2 Å². The Bertz CT molecular complexity index is 694. The van der Waals surface area contributed by atoms with Gasteiger partial charge in [-0.15, -0.1) is 0 Å². The van der Waals surface area contributed by atoms with E-state index in [1.807, 2.05) is 0 Å². The number of imidazole rings is 1.